The van der Waals surface area contributed by atoms with Crippen molar-refractivity contribution in [2.75, 3.05) is 0 Å². The highest BCUT2D eigenvalue weighted by Gasteiger charge is 2.04. The molecule has 0 nitrogen and oxygen atoms in total. The van der Waals surface area contributed by atoms with Crippen LogP contribution in [0.4, 0.5) is 0 Å². The maximum Gasteiger partial charge on any atom is 0.0412 e. The molecule has 0 aromatic heterocycles. The molecule has 0 atom stereocenters. The summed E-state index contributed by atoms with van der Waals surface area (Å²) in [5.74, 6) is 0. The van der Waals surface area contributed by atoms with Crippen molar-refractivity contribution in [1.29, 1.82) is 0 Å². The molecule has 28 heavy (non-hydrogen) atoms. The summed E-state index contributed by atoms with van der Waals surface area (Å²) in [6, 6.07) is 23.8. The lowest BCUT2D eigenvalue weighted by Gasteiger charge is -2.04. The molecule has 0 N–H and O–H groups in total. The maximum atomic E-state index is 6.38. The van der Waals surface area contributed by atoms with Gasteiger partial charge < -0.3 is 0 Å². The van der Waals surface area contributed by atoms with Gasteiger partial charge in [-0.1, -0.05) is 70.7 Å². The minimum atomic E-state index is 0.678. The Labute approximate surface area is 180 Å². The Bertz CT molecular complexity index is 1410. The van der Waals surface area contributed by atoms with Gasteiger partial charge in [0.05, 0.1) is 0 Å². The van der Waals surface area contributed by atoms with Crippen LogP contribution in [0.5, 0.6) is 0 Å². The lowest BCUT2D eigenvalue weighted by atomic mass is 10.0. The molecule has 0 radical (unpaired) electrons. The average Bonchev–Trinajstić information content (AvgIpc) is 2.67. The molecule has 0 saturated heterocycles. The van der Waals surface area contributed by atoms with Gasteiger partial charge in [-0.3, -0.25) is 0 Å². The molecule has 136 valence electrons. The summed E-state index contributed by atoms with van der Waals surface area (Å²) >= 11 is 25.5. The molecule has 0 heterocycles. The van der Waals surface area contributed by atoms with Gasteiger partial charge in [0.2, 0.25) is 0 Å². The second-order valence-electron chi connectivity index (χ2n) is 6.76. The van der Waals surface area contributed by atoms with E-state index >= 15 is 0 Å². The Balaban J connectivity index is 2.42. The van der Waals surface area contributed by atoms with Crippen LogP contribution < -0.4 is 0 Å². The first kappa shape index (κ1) is 18.1. The molecule has 4 aromatic carbocycles. The molecule has 0 saturated carbocycles. The molecule has 0 unspecified atom stereocenters. The van der Waals surface area contributed by atoms with Crippen LogP contribution in [0.15, 0.2) is 72.8 Å². The highest BCUT2D eigenvalue weighted by molar-refractivity contribution is 6.31. The molecule has 0 amide bonds. The summed E-state index contributed by atoms with van der Waals surface area (Å²) < 4.78 is 0. The monoisotopic (exact) mass is 440 g/mol. The second-order valence-corrected chi connectivity index (χ2v) is 8.51. The van der Waals surface area contributed by atoms with E-state index in [0.29, 0.717) is 20.1 Å². The van der Waals surface area contributed by atoms with Gasteiger partial charge in [0.25, 0.3) is 0 Å². The molecule has 0 bridgehead atoms. The van der Waals surface area contributed by atoms with Crippen molar-refractivity contribution in [3.05, 3.63) is 135 Å². The third kappa shape index (κ3) is 2.93. The number of rotatable bonds is 0. The minimum Gasteiger partial charge on any atom is -0.0843 e. The summed E-state index contributed by atoms with van der Waals surface area (Å²) in [5, 5.41) is 11.2. The van der Waals surface area contributed by atoms with Gasteiger partial charge >= 0.3 is 0 Å². The number of hydrogen-bond donors (Lipinski definition) is 0. The first-order valence-electron chi connectivity index (χ1n) is 8.71. The third-order valence-electron chi connectivity index (χ3n) is 5.09. The number of hydrogen-bond acceptors (Lipinski definition) is 0. The van der Waals surface area contributed by atoms with E-state index in [4.69, 9.17) is 46.4 Å². The summed E-state index contributed by atoms with van der Waals surface area (Å²) in [5.41, 5.74) is 0. The van der Waals surface area contributed by atoms with Gasteiger partial charge in [-0.15, -0.1) is 0 Å². The Kier molecular flexibility index (Phi) is 4.41. The Morgan fingerprint density at radius 3 is 0.714 bits per heavy atom. The lowest BCUT2D eigenvalue weighted by Crippen LogP contribution is -1.90. The Hall–Kier alpha value is -1.96. The fourth-order valence-electron chi connectivity index (χ4n) is 3.90. The van der Waals surface area contributed by atoms with Gasteiger partial charge in [0.1, 0.15) is 0 Å². The van der Waals surface area contributed by atoms with E-state index in [1.165, 1.54) is 0 Å². The lowest BCUT2D eigenvalue weighted by molar-refractivity contribution is 1.29. The molecule has 1 aliphatic rings. The molecule has 5 rings (SSSR count). The van der Waals surface area contributed by atoms with E-state index in [9.17, 15) is 0 Å². The molecule has 4 heteroatoms. The smallest absolute Gasteiger partial charge is 0.0412 e. The minimum absolute atomic E-state index is 0.678. The van der Waals surface area contributed by atoms with Crippen molar-refractivity contribution in [3.63, 3.8) is 0 Å². The number of halogens is 4. The molecule has 0 fully saturated rings. The zero-order valence-corrected chi connectivity index (χ0v) is 17.5. The molecule has 0 spiro atoms. The van der Waals surface area contributed by atoms with Gasteiger partial charge in [0, 0.05) is 20.1 Å². The van der Waals surface area contributed by atoms with Gasteiger partial charge in [-0.25, -0.2) is 0 Å². The van der Waals surface area contributed by atoms with Crippen molar-refractivity contribution >= 4 is 46.4 Å². The average molecular weight is 442 g/mol. The van der Waals surface area contributed by atoms with Crippen LogP contribution >= 0.6 is 46.4 Å². The van der Waals surface area contributed by atoms with Crippen LogP contribution in [0.2, 0.25) is 20.1 Å². The Morgan fingerprint density at radius 2 is 0.500 bits per heavy atom. The van der Waals surface area contributed by atoms with Crippen molar-refractivity contribution in [1.82, 2.24) is 0 Å². The zero-order valence-electron chi connectivity index (χ0n) is 14.4. The van der Waals surface area contributed by atoms with E-state index in [1.807, 2.05) is 72.8 Å². The van der Waals surface area contributed by atoms with Gasteiger partial charge in [-0.05, 0) is 90.3 Å². The molecule has 1 aliphatic carbocycles. The summed E-state index contributed by atoms with van der Waals surface area (Å²) in [6.45, 7) is 0. The molecule has 4 aromatic rings. The fraction of sp³-hybridized carbons (Fsp3) is 0. The van der Waals surface area contributed by atoms with E-state index in [-0.39, 0.29) is 0 Å². The van der Waals surface area contributed by atoms with E-state index in [2.05, 4.69) is 0 Å². The third-order valence-corrected chi connectivity index (χ3v) is 6.03. The van der Waals surface area contributed by atoms with E-state index in [1.54, 1.807) is 0 Å². The first-order chi connectivity index (χ1) is 13.5. The maximum absolute atomic E-state index is 6.38. The summed E-state index contributed by atoms with van der Waals surface area (Å²) in [4.78, 5) is 0. The summed E-state index contributed by atoms with van der Waals surface area (Å²) in [6.07, 6.45) is 0. The van der Waals surface area contributed by atoms with Crippen LogP contribution in [0, 0.1) is 41.7 Å². The van der Waals surface area contributed by atoms with E-state index < -0.39 is 0 Å². The van der Waals surface area contributed by atoms with E-state index in [0.717, 1.165) is 41.7 Å². The van der Waals surface area contributed by atoms with Crippen molar-refractivity contribution in [2.24, 2.45) is 0 Å². The number of fused-ring (bicyclic) bond motifs is 4. The highest BCUT2D eigenvalue weighted by Crippen LogP contribution is 2.21. The second kappa shape index (κ2) is 6.83. The van der Waals surface area contributed by atoms with Crippen LogP contribution in [-0.4, -0.2) is 0 Å². The molecule has 0 aliphatic heterocycles. The quantitative estimate of drug-likeness (QED) is 0.230. The largest absolute Gasteiger partial charge is 0.0843 e. The zero-order chi connectivity index (χ0) is 19.4. The van der Waals surface area contributed by atoms with Gasteiger partial charge in [0.15, 0.2) is 0 Å². The van der Waals surface area contributed by atoms with Gasteiger partial charge in [-0.2, -0.15) is 0 Å². The first-order valence-corrected chi connectivity index (χ1v) is 10.2. The number of benzene rings is 4. The van der Waals surface area contributed by atoms with Crippen molar-refractivity contribution < 1.29 is 0 Å². The van der Waals surface area contributed by atoms with Crippen molar-refractivity contribution in [2.45, 2.75) is 0 Å². The fourth-order valence-corrected chi connectivity index (χ4v) is 4.59. The SMILES string of the molecule is Clc1ccc2/c(c1)=c1/cc(Cl)cc/c1=c1\ccc(Cl)c\c1=c1/cc(Cl)cc/c1=2. The Morgan fingerprint density at radius 1 is 0.286 bits per heavy atom. The van der Waals surface area contributed by atoms with Crippen LogP contribution in [-0.2, 0) is 0 Å². The van der Waals surface area contributed by atoms with Crippen LogP contribution in [0.25, 0.3) is 0 Å². The van der Waals surface area contributed by atoms with Crippen LogP contribution in [0.3, 0.4) is 0 Å². The highest BCUT2D eigenvalue weighted by atomic mass is 35.5. The predicted octanol–water partition coefficient (Wildman–Crippen LogP) is 7.76. The normalized spacial score (nSPS) is 16.7. The van der Waals surface area contributed by atoms with Crippen LogP contribution in [0.1, 0.15) is 0 Å². The topological polar surface area (TPSA) is 0 Å². The molecular formula is C24H12Cl4. The predicted molar refractivity (Wildman–Crippen MR) is 116 cm³/mol. The van der Waals surface area contributed by atoms with Crippen molar-refractivity contribution in [3.8, 4) is 0 Å². The summed E-state index contributed by atoms with van der Waals surface area (Å²) in [7, 11) is 0. The standard InChI is InChI=1S/C24H12Cl4/c25-13-1-5-17-18-6-2-14(26)10-22(18)24-12-16(28)4-8-20(24)19-7-3-15(27)11-23(19)21(17)9-13/h1-12H/b18-17-,20-19-,23-21-,24-22-. The molecular weight excluding hydrogens is 430 g/mol.